The minimum absolute atomic E-state index is 0.240. The van der Waals surface area contributed by atoms with Gasteiger partial charge in [0.25, 0.3) is 0 Å². The molecule has 1 saturated heterocycles. The Morgan fingerprint density at radius 1 is 1.12 bits per heavy atom. The second-order valence-corrected chi connectivity index (χ2v) is 7.93. The molecule has 2 unspecified atom stereocenters. The van der Waals surface area contributed by atoms with Crippen molar-refractivity contribution >= 4 is 11.8 Å². The van der Waals surface area contributed by atoms with Crippen molar-refractivity contribution in [1.82, 2.24) is 0 Å². The van der Waals surface area contributed by atoms with Crippen LogP contribution in [0, 0.1) is 0 Å². The van der Waals surface area contributed by atoms with Gasteiger partial charge in [0.15, 0.2) is 0 Å². The Hall–Kier alpha value is -1.29. The van der Waals surface area contributed by atoms with Crippen molar-refractivity contribution in [3.05, 3.63) is 65.7 Å². The molecular formula is C22H28O2S. The van der Waals surface area contributed by atoms with Crippen LogP contribution >= 0.6 is 11.8 Å². The average Bonchev–Trinajstić information content (AvgIpc) is 2.68. The van der Waals surface area contributed by atoms with Gasteiger partial charge in [-0.3, -0.25) is 0 Å². The molecule has 0 aliphatic carbocycles. The summed E-state index contributed by atoms with van der Waals surface area (Å²) in [5, 5.41) is 0. The van der Waals surface area contributed by atoms with Crippen LogP contribution in [-0.4, -0.2) is 19.8 Å². The molecule has 0 saturated carbocycles. The number of methoxy groups -OCH3 is 1. The fraction of sp³-hybridized carbons (Fsp3) is 0.455. The van der Waals surface area contributed by atoms with Gasteiger partial charge in [-0.1, -0.05) is 73.6 Å². The predicted octanol–water partition coefficient (Wildman–Crippen LogP) is 5.80. The Kier molecular flexibility index (Phi) is 6.57. The van der Waals surface area contributed by atoms with Gasteiger partial charge >= 0.3 is 0 Å². The first kappa shape index (κ1) is 18.5. The Bertz CT molecular complexity index is 658. The lowest BCUT2D eigenvalue weighted by Crippen LogP contribution is -2.37. The number of rotatable bonds is 7. The number of hydrogen-bond donors (Lipinski definition) is 0. The van der Waals surface area contributed by atoms with Crippen LogP contribution in [0.15, 0.2) is 59.5 Å². The van der Waals surface area contributed by atoms with Crippen LogP contribution in [0.25, 0.3) is 0 Å². The third kappa shape index (κ3) is 4.46. The molecule has 0 spiro atoms. The quantitative estimate of drug-likeness (QED) is 0.624. The fourth-order valence-electron chi connectivity index (χ4n) is 3.40. The van der Waals surface area contributed by atoms with Crippen LogP contribution in [0.1, 0.15) is 43.7 Å². The van der Waals surface area contributed by atoms with Gasteiger partial charge < -0.3 is 9.47 Å². The summed E-state index contributed by atoms with van der Waals surface area (Å²) in [6.45, 7) is 2.98. The number of unbranched alkanes of at least 4 members (excludes halogenated alkanes) is 1. The van der Waals surface area contributed by atoms with Crippen molar-refractivity contribution in [1.29, 1.82) is 0 Å². The molecule has 1 aliphatic rings. The zero-order chi connectivity index (χ0) is 17.5. The molecule has 0 bridgehead atoms. The molecule has 2 nitrogen and oxygen atoms in total. The lowest BCUT2D eigenvalue weighted by Gasteiger charge is -2.40. The molecule has 1 fully saturated rings. The summed E-state index contributed by atoms with van der Waals surface area (Å²) >= 11 is 1.86. The molecule has 3 rings (SSSR count). The van der Waals surface area contributed by atoms with E-state index in [1.165, 1.54) is 28.9 Å². The van der Waals surface area contributed by atoms with Crippen molar-refractivity contribution in [3.8, 4) is 0 Å². The first-order chi connectivity index (χ1) is 12.3. The first-order valence-corrected chi connectivity index (χ1v) is 10.1. The zero-order valence-electron chi connectivity index (χ0n) is 15.2. The number of ether oxygens (including phenoxy) is 2. The number of hydrogen-bond acceptors (Lipinski definition) is 3. The molecular weight excluding hydrogens is 328 g/mol. The smallest absolute Gasteiger partial charge is 0.146 e. The molecule has 134 valence electrons. The van der Waals surface area contributed by atoms with E-state index in [0.29, 0.717) is 0 Å². The first-order valence-electron chi connectivity index (χ1n) is 9.26. The third-order valence-electron chi connectivity index (χ3n) is 4.87. The summed E-state index contributed by atoms with van der Waals surface area (Å²) in [7, 11) is 1.81. The lowest BCUT2D eigenvalue weighted by molar-refractivity contribution is -0.0799. The topological polar surface area (TPSA) is 18.5 Å². The van der Waals surface area contributed by atoms with Crippen LogP contribution in [0.4, 0.5) is 0 Å². The van der Waals surface area contributed by atoms with Crippen LogP contribution < -0.4 is 0 Å². The molecule has 0 aromatic heterocycles. The second-order valence-electron chi connectivity index (χ2n) is 6.63. The van der Waals surface area contributed by atoms with Crippen LogP contribution in [0.5, 0.6) is 0 Å². The van der Waals surface area contributed by atoms with Gasteiger partial charge in [0.05, 0.1) is 12.7 Å². The summed E-state index contributed by atoms with van der Waals surface area (Å²) in [5.41, 5.74) is 2.65. The summed E-state index contributed by atoms with van der Waals surface area (Å²) in [6, 6.07) is 19.4. The minimum atomic E-state index is -0.373. The molecule has 3 heteroatoms. The largest absolute Gasteiger partial charge is 0.381 e. The number of aryl methyl sites for hydroxylation is 1. The van der Waals surface area contributed by atoms with Gasteiger partial charge in [0, 0.05) is 18.4 Å². The molecule has 2 atom stereocenters. The van der Waals surface area contributed by atoms with Crippen molar-refractivity contribution < 1.29 is 9.47 Å². The molecule has 0 amide bonds. The van der Waals surface area contributed by atoms with Gasteiger partial charge in [0.2, 0.25) is 0 Å². The van der Waals surface area contributed by atoms with E-state index >= 15 is 0 Å². The van der Waals surface area contributed by atoms with E-state index in [9.17, 15) is 0 Å². The summed E-state index contributed by atoms with van der Waals surface area (Å²) < 4.78 is 12.1. The van der Waals surface area contributed by atoms with E-state index in [0.717, 1.165) is 25.9 Å². The highest BCUT2D eigenvalue weighted by molar-refractivity contribution is 8.00. The van der Waals surface area contributed by atoms with E-state index in [-0.39, 0.29) is 11.0 Å². The van der Waals surface area contributed by atoms with Gasteiger partial charge in [0.1, 0.15) is 4.93 Å². The van der Waals surface area contributed by atoms with E-state index in [4.69, 9.17) is 9.47 Å². The molecule has 0 N–H and O–H groups in total. The van der Waals surface area contributed by atoms with Gasteiger partial charge in [-0.2, -0.15) is 0 Å². The highest BCUT2D eigenvalue weighted by atomic mass is 32.2. The van der Waals surface area contributed by atoms with Crippen molar-refractivity contribution in [2.45, 2.75) is 55.0 Å². The maximum Gasteiger partial charge on any atom is 0.146 e. The second kappa shape index (κ2) is 8.88. The molecule has 25 heavy (non-hydrogen) atoms. The lowest BCUT2D eigenvalue weighted by atomic mass is 9.98. The van der Waals surface area contributed by atoms with Crippen molar-refractivity contribution in [2.24, 2.45) is 0 Å². The van der Waals surface area contributed by atoms with E-state index < -0.39 is 0 Å². The Morgan fingerprint density at radius 3 is 2.64 bits per heavy atom. The Balaban J connectivity index is 1.94. The molecule has 2 aromatic rings. The van der Waals surface area contributed by atoms with Gasteiger partial charge in [-0.05, 0) is 36.5 Å². The highest BCUT2D eigenvalue weighted by Gasteiger charge is 2.40. The Labute approximate surface area is 155 Å². The molecule has 1 heterocycles. The van der Waals surface area contributed by atoms with Crippen LogP contribution in [0.2, 0.25) is 0 Å². The van der Waals surface area contributed by atoms with E-state index in [2.05, 4.69) is 61.5 Å². The molecule has 2 aromatic carbocycles. The zero-order valence-corrected chi connectivity index (χ0v) is 16.1. The van der Waals surface area contributed by atoms with Crippen molar-refractivity contribution in [2.75, 3.05) is 13.7 Å². The monoisotopic (exact) mass is 356 g/mol. The highest BCUT2D eigenvalue weighted by Crippen LogP contribution is 2.49. The fourth-order valence-corrected chi connectivity index (χ4v) is 4.86. The van der Waals surface area contributed by atoms with Crippen LogP contribution in [0.3, 0.4) is 0 Å². The maximum absolute atomic E-state index is 6.43. The Morgan fingerprint density at radius 2 is 1.88 bits per heavy atom. The van der Waals surface area contributed by atoms with Crippen molar-refractivity contribution in [3.63, 3.8) is 0 Å². The van der Waals surface area contributed by atoms with Gasteiger partial charge in [-0.25, -0.2) is 0 Å². The summed E-state index contributed by atoms with van der Waals surface area (Å²) in [5.74, 6) is 0. The van der Waals surface area contributed by atoms with E-state index in [1.807, 2.05) is 18.9 Å². The van der Waals surface area contributed by atoms with E-state index in [1.54, 1.807) is 0 Å². The van der Waals surface area contributed by atoms with Gasteiger partial charge in [-0.15, -0.1) is 0 Å². The summed E-state index contributed by atoms with van der Waals surface area (Å²) in [4.78, 5) is 0.958. The third-order valence-corrected chi connectivity index (χ3v) is 6.33. The predicted molar refractivity (Wildman–Crippen MR) is 105 cm³/mol. The minimum Gasteiger partial charge on any atom is -0.381 e. The standard InChI is InChI=1S/C22H28O2S/c1-3-4-10-18-11-8-9-14-21(18)25-22(19-12-6-5-7-13-19)17-20(23-2)15-16-24-22/h5-9,11-14,20H,3-4,10,15-17H2,1-2H3. The number of benzene rings is 2. The molecule has 1 aliphatic heterocycles. The average molecular weight is 357 g/mol. The number of thioether (sulfide) groups is 1. The van der Waals surface area contributed by atoms with Crippen LogP contribution in [-0.2, 0) is 20.8 Å². The summed E-state index contributed by atoms with van der Waals surface area (Å²) in [6.07, 6.45) is 5.63. The maximum atomic E-state index is 6.43. The normalized spacial score (nSPS) is 23.5. The molecule has 0 radical (unpaired) electrons. The SMILES string of the molecule is CCCCc1ccccc1SC1(c2ccccc2)CC(OC)CCO1.